The zero-order valence-corrected chi connectivity index (χ0v) is 17.0. The van der Waals surface area contributed by atoms with Gasteiger partial charge in [0, 0.05) is 41.7 Å². The van der Waals surface area contributed by atoms with E-state index in [1.54, 1.807) is 11.3 Å². The van der Waals surface area contributed by atoms with Crippen LogP contribution in [-0.2, 0) is 19.4 Å². The van der Waals surface area contributed by atoms with E-state index < -0.39 is 0 Å². The maximum absolute atomic E-state index is 12.7. The van der Waals surface area contributed by atoms with E-state index in [2.05, 4.69) is 41.4 Å². The van der Waals surface area contributed by atoms with Gasteiger partial charge in [0.1, 0.15) is 0 Å². The number of amides is 1. The van der Waals surface area contributed by atoms with Gasteiger partial charge in [-0.2, -0.15) is 11.8 Å². The minimum absolute atomic E-state index is 0.0355. The Morgan fingerprint density at radius 1 is 1.15 bits per heavy atom. The Labute approximate surface area is 164 Å². The molecule has 26 heavy (non-hydrogen) atoms. The van der Waals surface area contributed by atoms with Crippen LogP contribution in [0.5, 0.6) is 0 Å². The van der Waals surface area contributed by atoms with Crippen LogP contribution in [0.3, 0.4) is 0 Å². The van der Waals surface area contributed by atoms with Crippen molar-refractivity contribution in [3.63, 3.8) is 0 Å². The third-order valence-electron chi connectivity index (χ3n) is 5.27. The van der Waals surface area contributed by atoms with Crippen LogP contribution in [0.25, 0.3) is 0 Å². The molecule has 2 heterocycles. The Morgan fingerprint density at radius 2 is 1.96 bits per heavy atom. The van der Waals surface area contributed by atoms with Gasteiger partial charge in [0.05, 0.1) is 4.88 Å². The number of thiophene rings is 1. The van der Waals surface area contributed by atoms with Gasteiger partial charge in [-0.25, -0.2) is 0 Å². The number of fused-ring (bicyclic) bond motifs is 1. The van der Waals surface area contributed by atoms with Gasteiger partial charge >= 0.3 is 0 Å². The largest absolute Gasteiger partial charge is 0.321 e. The molecule has 2 aliphatic rings. The molecule has 2 aromatic rings. The second-order valence-corrected chi connectivity index (χ2v) is 9.62. The number of hydrogen-bond acceptors (Lipinski definition) is 4. The molecule has 1 saturated heterocycles. The Kier molecular flexibility index (Phi) is 5.67. The van der Waals surface area contributed by atoms with Crippen LogP contribution < -0.4 is 5.32 Å². The number of nitrogens with zero attached hydrogens (tertiary/aromatic N) is 1. The van der Waals surface area contributed by atoms with E-state index in [1.165, 1.54) is 53.4 Å². The van der Waals surface area contributed by atoms with Gasteiger partial charge in [-0.1, -0.05) is 12.1 Å². The molecule has 4 rings (SSSR count). The van der Waals surface area contributed by atoms with Crippen molar-refractivity contribution in [2.24, 2.45) is 0 Å². The molecule has 1 aliphatic carbocycles. The molecule has 1 aromatic carbocycles. The Bertz CT molecular complexity index is 770. The zero-order chi connectivity index (χ0) is 17.9. The summed E-state index contributed by atoms with van der Waals surface area (Å²) in [5.74, 6) is 2.50. The van der Waals surface area contributed by atoms with Gasteiger partial charge in [0.15, 0.2) is 0 Å². The lowest BCUT2D eigenvalue weighted by Crippen LogP contribution is -2.31. The van der Waals surface area contributed by atoms with Crippen molar-refractivity contribution in [1.29, 1.82) is 0 Å². The van der Waals surface area contributed by atoms with Crippen LogP contribution in [0.15, 0.2) is 24.3 Å². The van der Waals surface area contributed by atoms with E-state index in [0.29, 0.717) is 0 Å². The first-order chi connectivity index (χ1) is 12.7. The average molecular weight is 387 g/mol. The highest BCUT2D eigenvalue weighted by Crippen LogP contribution is 2.30. The standard InChI is InChI=1S/C21H26N2OS2/c1-15-12-16(14-23-8-10-25-11-9-23)6-7-18(15)22-21(24)20-13-17-4-2-3-5-19(17)26-20/h6-7,12-13H,2-5,8-11,14H2,1H3,(H,22,24). The third-order valence-corrected chi connectivity index (χ3v) is 7.45. The van der Waals surface area contributed by atoms with E-state index in [0.717, 1.165) is 35.5 Å². The van der Waals surface area contributed by atoms with Crippen LogP contribution in [0, 0.1) is 6.92 Å². The number of benzene rings is 1. The molecule has 0 saturated carbocycles. The van der Waals surface area contributed by atoms with Crippen LogP contribution in [0.4, 0.5) is 5.69 Å². The van der Waals surface area contributed by atoms with Crippen molar-refractivity contribution in [3.8, 4) is 0 Å². The predicted molar refractivity (Wildman–Crippen MR) is 113 cm³/mol. The summed E-state index contributed by atoms with van der Waals surface area (Å²) in [5, 5.41) is 3.12. The van der Waals surface area contributed by atoms with Crippen molar-refractivity contribution in [1.82, 2.24) is 4.90 Å². The molecule has 1 aliphatic heterocycles. The van der Waals surface area contributed by atoms with E-state index in [9.17, 15) is 4.79 Å². The highest BCUT2D eigenvalue weighted by atomic mass is 32.2. The number of hydrogen-bond donors (Lipinski definition) is 1. The van der Waals surface area contributed by atoms with Crippen LogP contribution in [0.2, 0.25) is 0 Å². The van der Waals surface area contributed by atoms with Crippen molar-refractivity contribution in [2.75, 3.05) is 29.9 Å². The van der Waals surface area contributed by atoms with Gasteiger partial charge in [-0.3, -0.25) is 9.69 Å². The van der Waals surface area contributed by atoms with Gasteiger partial charge in [0.25, 0.3) is 5.91 Å². The number of nitrogens with one attached hydrogen (secondary N) is 1. The number of carbonyl (C=O) groups is 1. The summed E-state index contributed by atoms with van der Waals surface area (Å²) in [7, 11) is 0. The Hall–Kier alpha value is -1.30. The molecule has 0 spiro atoms. The number of aryl methyl sites for hydroxylation is 3. The van der Waals surface area contributed by atoms with Gasteiger partial charge in [0.2, 0.25) is 0 Å². The molecule has 1 fully saturated rings. The first-order valence-electron chi connectivity index (χ1n) is 9.51. The van der Waals surface area contributed by atoms with Crippen molar-refractivity contribution in [2.45, 2.75) is 39.2 Å². The molecular formula is C21H26N2OS2. The van der Waals surface area contributed by atoms with Gasteiger partial charge in [-0.05, 0) is 61.4 Å². The summed E-state index contributed by atoms with van der Waals surface area (Å²) in [6, 6.07) is 8.54. The second kappa shape index (κ2) is 8.15. The molecule has 0 bridgehead atoms. The summed E-state index contributed by atoms with van der Waals surface area (Å²) in [6.07, 6.45) is 4.77. The monoisotopic (exact) mass is 386 g/mol. The second-order valence-electron chi connectivity index (χ2n) is 7.26. The summed E-state index contributed by atoms with van der Waals surface area (Å²) < 4.78 is 0. The van der Waals surface area contributed by atoms with Crippen molar-refractivity contribution >= 4 is 34.7 Å². The zero-order valence-electron chi connectivity index (χ0n) is 15.3. The molecule has 3 nitrogen and oxygen atoms in total. The summed E-state index contributed by atoms with van der Waals surface area (Å²) >= 11 is 3.72. The SMILES string of the molecule is Cc1cc(CN2CCSCC2)ccc1NC(=O)c1cc2c(s1)CCCC2. The minimum atomic E-state index is 0.0355. The summed E-state index contributed by atoms with van der Waals surface area (Å²) in [6.45, 7) is 5.44. The lowest BCUT2D eigenvalue weighted by Gasteiger charge is -2.26. The minimum Gasteiger partial charge on any atom is -0.321 e. The fourth-order valence-electron chi connectivity index (χ4n) is 3.77. The molecule has 0 atom stereocenters. The maximum atomic E-state index is 12.7. The van der Waals surface area contributed by atoms with E-state index in [4.69, 9.17) is 0 Å². The smallest absolute Gasteiger partial charge is 0.265 e. The number of anilines is 1. The summed E-state index contributed by atoms with van der Waals surface area (Å²) in [5.41, 5.74) is 4.79. The molecule has 5 heteroatoms. The molecular weight excluding hydrogens is 360 g/mol. The topological polar surface area (TPSA) is 32.3 Å². The molecule has 0 unspecified atom stereocenters. The molecule has 1 N–H and O–H groups in total. The normalized spacial score (nSPS) is 17.7. The van der Waals surface area contributed by atoms with Gasteiger partial charge < -0.3 is 5.32 Å². The number of carbonyl (C=O) groups excluding carboxylic acids is 1. The highest BCUT2D eigenvalue weighted by Gasteiger charge is 2.18. The quantitative estimate of drug-likeness (QED) is 0.824. The maximum Gasteiger partial charge on any atom is 0.265 e. The molecule has 0 radical (unpaired) electrons. The summed E-state index contributed by atoms with van der Waals surface area (Å²) in [4.78, 5) is 17.5. The predicted octanol–water partition coefficient (Wildman–Crippen LogP) is 4.74. The number of thioether (sulfide) groups is 1. The van der Waals surface area contributed by atoms with E-state index in [-0.39, 0.29) is 5.91 Å². The lowest BCUT2D eigenvalue weighted by atomic mass is 9.99. The molecule has 138 valence electrons. The molecule has 1 amide bonds. The highest BCUT2D eigenvalue weighted by molar-refractivity contribution is 7.99. The van der Waals surface area contributed by atoms with Gasteiger partial charge in [-0.15, -0.1) is 11.3 Å². The van der Waals surface area contributed by atoms with E-state index >= 15 is 0 Å². The van der Waals surface area contributed by atoms with Crippen molar-refractivity contribution < 1.29 is 4.79 Å². The molecule has 1 aromatic heterocycles. The van der Waals surface area contributed by atoms with Crippen LogP contribution >= 0.6 is 23.1 Å². The Morgan fingerprint density at radius 3 is 2.73 bits per heavy atom. The number of rotatable bonds is 4. The first-order valence-corrected chi connectivity index (χ1v) is 11.5. The fourth-order valence-corrected chi connectivity index (χ4v) is 5.90. The first kappa shape index (κ1) is 18.1. The average Bonchev–Trinajstić information content (AvgIpc) is 3.09. The third kappa shape index (κ3) is 4.16. The van der Waals surface area contributed by atoms with E-state index in [1.807, 2.05) is 11.8 Å². The Balaban J connectivity index is 1.42. The van der Waals surface area contributed by atoms with Crippen LogP contribution in [-0.4, -0.2) is 35.4 Å². The van der Waals surface area contributed by atoms with Crippen LogP contribution in [0.1, 0.15) is 44.1 Å². The fraction of sp³-hybridized carbons (Fsp3) is 0.476. The lowest BCUT2D eigenvalue weighted by molar-refractivity contribution is 0.103. The van der Waals surface area contributed by atoms with Crippen molar-refractivity contribution in [3.05, 3.63) is 50.7 Å².